The molecule has 0 radical (unpaired) electrons. The van der Waals surface area contributed by atoms with E-state index in [2.05, 4.69) is 10.6 Å². The summed E-state index contributed by atoms with van der Waals surface area (Å²) in [5.74, 6) is 1.80. The second-order valence-corrected chi connectivity index (χ2v) is 8.29. The molecule has 1 amide bonds. The summed E-state index contributed by atoms with van der Waals surface area (Å²) in [6.07, 6.45) is 0. The molecule has 4 aromatic rings. The maximum absolute atomic E-state index is 13.8. The summed E-state index contributed by atoms with van der Waals surface area (Å²) in [6, 6.07) is 20.8. The van der Waals surface area contributed by atoms with Gasteiger partial charge in [0.05, 0.1) is 36.9 Å². The number of hydrogen-bond acceptors (Lipinski definition) is 5. The average molecular weight is 455 g/mol. The number of carbonyl (C=O) groups excluding carboxylic acids is 1. The summed E-state index contributed by atoms with van der Waals surface area (Å²) in [5, 5.41) is 6.40. The van der Waals surface area contributed by atoms with Gasteiger partial charge in [0.1, 0.15) is 11.5 Å². The molecule has 2 N–H and O–H groups in total. The van der Waals surface area contributed by atoms with Crippen molar-refractivity contribution in [1.29, 1.82) is 0 Å². The fraction of sp³-hybridized carbons (Fsp3) is 0.185. The van der Waals surface area contributed by atoms with Crippen LogP contribution in [-0.4, -0.2) is 29.7 Å². The SMILES string of the molecule is COc1ccc(OC)c(C2C(C(=O)Nc3ccc(C)cc3)=C(C)Nc3nc4ccccc4n32)c1. The van der Waals surface area contributed by atoms with Gasteiger partial charge in [0.15, 0.2) is 0 Å². The molecule has 0 fully saturated rings. The lowest BCUT2D eigenvalue weighted by Crippen LogP contribution is -2.31. The van der Waals surface area contributed by atoms with Crippen molar-refractivity contribution >= 4 is 28.6 Å². The normalized spacial score (nSPS) is 15.0. The van der Waals surface area contributed by atoms with Crippen LogP contribution in [0.3, 0.4) is 0 Å². The highest BCUT2D eigenvalue weighted by Crippen LogP contribution is 2.43. The van der Waals surface area contributed by atoms with Gasteiger partial charge in [-0.25, -0.2) is 4.98 Å². The van der Waals surface area contributed by atoms with Gasteiger partial charge >= 0.3 is 0 Å². The summed E-state index contributed by atoms with van der Waals surface area (Å²) in [7, 11) is 3.25. The first kappa shape index (κ1) is 21.6. The lowest BCUT2D eigenvalue weighted by molar-refractivity contribution is -0.113. The van der Waals surface area contributed by atoms with Crippen LogP contribution >= 0.6 is 0 Å². The topological polar surface area (TPSA) is 77.4 Å². The van der Waals surface area contributed by atoms with E-state index in [1.54, 1.807) is 14.2 Å². The lowest BCUT2D eigenvalue weighted by atomic mass is 9.93. The second-order valence-electron chi connectivity index (χ2n) is 8.29. The molecule has 0 spiro atoms. The monoisotopic (exact) mass is 454 g/mol. The summed E-state index contributed by atoms with van der Waals surface area (Å²) < 4.78 is 13.3. The van der Waals surface area contributed by atoms with E-state index in [9.17, 15) is 4.79 Å². The number of ether oxygens (including phenoxy) is 2. The minimum atomic E-state index is -0.487. The van der Waals surface area contributed by atoms with Gasteiger partial charge in [0.2, 0.25) is 5.95 Å². The number of aryl methyl sites for hydroxylation is 1. The molecule has 1 atom stereocenters. The Morgan fingerprint density at radius 2 is 1.76 bits per heavy atom. The molecule has 3 aromatic carbocycles. The highest BCUT2D eigenvalue weighted by Gasteiger charge is 2.36. The van der Waals surface area contributed by atoms with Gasteiger partial charge in [-0.2, -0.15) is 0 Å². The summed E-state index contributed by atoms with van der Waals surface area (Å²) in [6.45, 7) is 3.91. The minimum absolute atomic E-state index is 0.202. The molecule has 2 heterocycles. The van der Waals surface area contributed by atoms with Gasteiger partial charge in [-0.15, -0.1) is 0 Å². The van der Waals surface area contributed by atoms with Crippen LogP contribution in [0.2, 0.25) is 0 Å². The van der Waals surface area contributed by atoms with Crippen molar-refractivity contribution in [3.63, 3.8) is 0 Å². The Morgan fingerprint density at radius 3 is 2.50 bits per heavy atom. The summed E-state index contributed by atoms with van der Waals surface area (Å²) >= 11 is 0. The average Bonchev–Trinajstić information content (AvgIpc) is 3.22. The second kappa shape index (κ2) is 8.59. The molecule has 7 heteroatoms. The number of fused-ring (bicyclic) bond motifs is 3. The van der Waals surface area contributed by atoms with Gasteiger partial charge in [0.25, 0.3) is 5.91 Å². The highest BCUT2D eigenvalue weighted by atomic mass is 16.5. The van der Waals surface area contributed by atoms with Crippen LogP contribution in [0.15, 0.2) is 78.0 Å². The van der Waals surface area contributed by atoms with Crippen molar-refractivity contribution < 1.29 is 14.3 Å². The molecule has 172 valence electrons. The Hall–Kier alpha value is -4.26. The lowest BCUT2D eigenvalue weighted by Gasteiger charge is -2.31. The fourth-order valence-electron chi connectivity index (χ4n) is 4.44. The van der Waals surface area contributed by atoms with Crippen LogP contribution in [0.25, 0.3) is 11.0 Å². The van der Waals surface area contributed by atoms with Crippen LogP contribution in [0, 0.1) is 6.92 Å². The molecule has 1 aromatic heterocycles. The van der Waals surface area contributed by atoms with Crippen LogP contribution in [0.1, 0.15) is 24.1 Å². The standard InChI is InChI=1S/C27H26N4O3/c1-16-9-11-18(12-10-16)29-26(32)24-17(2)28-27-30-21-7-5-6-8-22(21)31(27)25(24)20-15-19(33-3)13-14-23(20)34-4/h5-15,25H,1-4H3,(H,28,30)(H,29,32). The van der Waals surface area contributed by atoms with Crippen molar-refractivity contribution in [1.82, 2.24) is 9.55 Å². The van der Waals surface area contributed by atoms with E-state index in [1.165, 1.54) is 0 Å². The number of anilines is 2. The third-order valence-corrected chi connectivity index (χ3v) is 6.12. The zero-order chi connectivity index (χ0) is 23.8. The summed E-state index contributed by atoms with van der Waals surface area (Å²) in [4.78, 5) is 18.5. The number of rotatable bonds is 5. The van der Waals surface area contributed by atoms with Crippen molar-refractivity contribution in [3.05, 3.63) is 89.1 Å². The third-order valence-electron chi connectivity index (χ3n) is 6.12. The van der Waals surface area contributed by atoms with Crippen LogP contribution in [0.5, 0.6) is 11.5 Å². The number of amides is 1. The molecule has 1 aliphatic heterocycles. The number of aromatic nitrogens is 2. The highest BCUT2D eigenvalue weighted by molar-refractivity contribution is 6.06. The van der Waals surface area contributed by atoms with Crippen molar-refractivity contribution in [2.24, 2.45) is 0 Å². The van der Waals surface area contributed by atoms with Crippen molar-refractivity contribution in [2.45, 2.75) is 19.9 Å². The van der Waals surface area contributed by atoms with E-state index < -0.39 is 6.04 Å². The van der Waals surface area contributed by atoms with E-state index in [0.717, 1.165) is 33.5 Å². The van der Waals surface area contributed by atoms with Crippen molar-refractivity contribution in [3.8, 4) is 11.5 Å². The van der Waals surface area contributed by atoms with Gasteiger partial charge < -0.3 is 20.1 Å². The number of nitrogens with zero attached hydrogens (tertiary/aromatic N) is 2. The number of benzene rings is 3. The Kier molecular flexibility index (Phi) is 5.45. The van der Waals surface area contributed by atoms with Gasteiger partial charge in [-0.05, 0) is 56.3 Å². The first-order chi connectivity index (χ1) is 16.5. The molecule has 0 bridgehead atoms. The molecule has 1 aliphatic rings. The number of nitrogens with one attached hydrogen (secondary N) is 2. The van der Waals surface area contributed by atoms with Gasteiger partial charge in [-0.1, -0.05) is 29.8 Å². The Balaban J connectivity index is 1.71. The van der Waals surface area contributed by atoms with E-state index in [1.807, 2.05) is 85.1 Å². The molecule has 0 aliphatic carbocycles. The number of allylic oxidation sites excluding steroid dienone is 1. The van der Waals surface area contributed by atoms with E-state index in [0.29, 0.717) is 23.0 Å². The van der Waals surface area contributed by atoms with E-state index >= 15 is 0 Å². The van der Waals surface area contributed by atoms with E-state index in [4.69, 9.17) is 14.5 Å². The maximum atomic E-state index is 13.8. The number of para-hydroxylation sites is 2. The number of imidazole rings is 1. The zero-order valence-electron chi connectivity index (χ0n) is 19.5. The van der Waals surface area contributed by atoms with Gasteiger partial charge in [0, 0.05) is 16.9 Å². The minimum Gasteiger partial charge on any atom is -0.497 e. The molecule has 34 heavy (non-hydrogen) atoms. The first-order valence-electron chi connectivity index (χ1n) is 11.0. The first-order valence-corrected chi connectivity index (χ1v) is 11.0. The predicted molar refractivity (Wildman–Crippen MR) is 134 cm³/mol. The Bertz CT molecular complexity index is 1420. The number of hydrogen-bond donors (Lipinski definition) is 2. The molecule has 5 rings (SSSR count). The Morgan fingerprint density at radius 1 is 1.00 bits per heavy atom. The number of methoxy groups -OCH3 is 2. The molecule has 1 unspecified atom stereocenters. The third kappa shape index (κ3) is 3.65. The maximum Gasteiger partial charge on any atom is 0.255 e. The molecule has 0 saturated carbocycles. The quantitative estimate of drug-likeness (QED) is 0.429. The zero-order valence-corrected chi connectivity index (χ0v) is 19.5. The summed E-state index contributed by atoms with van der Waals surface area (Å²) in [5.41, 5.74) is 5.71. The molecular formula is C27H26N4O3. The predicted octanol–water partition coefficient (Wildman–Crippen LogP) is 5.29. The smallest absolute Gasteiger partial charge is 0.255 e. The van der Waals surface area contributed by atoms with Crippen LogP contribution < -0.4 is 20.1 Å². The van der Waals surface area contributed by atoms with Crippen LogP contribution in [-0.2, 0) is 4.79 Å². The molecule has 7 nitrogen and oxygen atoms in total. The largest absolute Gasteiger partial charge is 0.497 e. The molecular weight excluding hydrogens is 428 g/mol. The fourth-order valence-corrected chi connectivity index (χ4v) is 4.44. The Labute approximate surface area is 198 Å². The molecule has 0 saturated heterocycles. The van der Waals surface area contributed by atoms with Crippen LogP contribution in [0.4, 0.5) is 11.6 Å². The van der Waals surface area contributed by atoms with Gasteiger partial charge in [-0.3, -0.25) is 9.36 Å². The number of carbonyl (C=O) groups is 1. The van der Waals surface area contributed by atoms with E-state index in [-0.39, 0.29) is 5.91 Å². The van der Waals surface area contributed by atoms with Crippen molar-refractivity contribution in [2.75, 3.05) is 24.9 Å².